The molecule has 2 N–H and O–H groups in total. The van der Waals surface area contributed by atoms with Crippen LogP contribution in [-0.4, -0.2) is 6.29 Å². The zero-order chi connectivity index (χ0) is 14.5. The molecule has 0 unspecified atom stereocenters. The second-order valence-corrected chi connectivity index (χ2v) is 4.72. The second-order valence-electron chi connectivity index (χ2n) is 4.28. The van der Waals surface area contributed by atoms with Crippen molar-refractivity contribution in [2.24, 2.45) is 5.90 Å². The van der Waals surface area contributed by atoms with Crippen LogP contribution in [-0.2, 0) is 4.84 Å². The highest BCUT2D eigenvalue weighted by Crippen LogP contribution is 2.28. The van der Waals surface area contributed by atoms with E-state index >= 15 is 0 Å². The fraction of sp³-hybridized carbons (Fsp3) is 0.0625. The van der Waals surface area contributed by atoms with Gasteiger partial charge in [0.2, 0.25) is 0 Å². The number of allylic oxidation sites excluding steroid dienone is 1. The van der Waals surface area contributed by atoms with Gasteiger partial charge in [-0.05, 0) is 24.6 Å². The molecular formula is C16H14ClNO2. The Morgan fingerprint density at radius 2 is 1.80 bits per heavy atom. The van der Waals surface area contributed by atoms with Crippen LogP contribution < -0.4 is 5.90 Å². The van der Waals surface area contributed by atoms with Crippen LogP contribution in [0.15, 0.2) is 48.5 Å². The molecule has 0 aliphatic heterocycles. The van der Waals surface area contributed by atoms with Crippen LogP contribution in [0.2, 0.25) is 5.02 Å². The molecule has 4 heteroatoms. The molecule has 0 fully saturated rings. The highest BCUT2D eigenvalue weighted by atomic mass is 35.5. The number of rotatable bonds is 4. The molecule has 2 rings (SSSR count). The molecule has 0 spiro atoms. The average Bonchev–Trinajstić information content (AvgIpc) is 2.49. The standard InChI is InChI=1S/C16H14ClNO2/c1-11(12-6-8-14(17)9-7-12)16(20-18)15-5-3-2-4-13(15)10-19/h2-10H,18H2,1H3/b16-11+. The van der Waals surface area contributed by atoms with E-state index < -0.39 is 0 Å². The summed E-state index contributed by atoms with van der Waals surface area (Å²) in [6.07, 6.45) is 0.781. The Balaban J connectivity index is 2.57. The lowest BCUT2D eigenvalue weighted by Crippen LogP contribution is -2.03. The fourth-order valence-corrected chi connectivity index (χ4v) is 2.12. The summed E-state index contributed by atoms with van der Waals surface area (Å²) in [6, 6.07) is 14.5. The number of carbonyl (C=O) groups is 1. The number of hydrogen-bond acceptors (Lipinski definition) is 3. The lowest BCUT2D eigenvalue weighted by Gasteiger charge is -2.12. The van der Waals surface area contributed by atoms with Gasteiger partial charge in [-0.2, -0.15) is 5.90 Å². The quantitative estimate of drug-likeness (QED) is 0.401. The van der Waals surface area contributed by atoms with E-state index in [1.54, 1.807) is 30.3 Å². The van der Waals surface area contributed by atoms with E-state index in [0.29, 0.717) is 21.9 Å². The van der Waals surface area contributed by atoms with Crippen LogP contribution >= 0.6 is 11.6 Å². The molecule has 0 aromatic heterocycles. The molecule has 0 aliphatic carbocycles. The molecule has 0 atom stereocenters. The monoisotopic (exact) mass is 287 g/mol. The van der Waals surface area contributed by atoms with Crippen molar-refractivity contribution in [3.05, 3.63) is 70.2 Å². The summed E-state index contributed by atoms with van der Waals surface area (Å²) in [6.45, 7) is 1.88. The minimum atomic E-state index is 0.468. The number of hydrogen-bond donors (Lipinski definition) is 1. The Bertz CT molecular complexity index is 648. The molecule has 0 saturated carbocycles. The van der Waals surface area contributed by atoms with Crippen molar-refractivity contribution < 1.29 is 9.63 Å². The summed E-state index contributed by atoms with van der Waals surface area (Å²) in [5, 5.41) is 0.657. The third-order valence-corrected chi connectivity index (χ3v) is 3.32. The Hall–Kier alpha value is -2.10. The van der Waals surface area contributed by atoms with Gasteiger partial charge in [0.15, 0.2) is 12.0 Å². The first-order valence-electron chi connectivity index (χ1n) is 6.05. The van der Waals surface area contributed by atoms with Crippen molar-refractivity contribution >= 4 is 29.2 Å². The lowest BCUT2D eigenvalue weighted by molar-refractivity contribution is 0.112. The predicted octanol–water partition coefficient (Wildman–Crippen LogP) is 3.93. The second kappa shape index (κ2) is 6.37. The van der Waals surface area contributed by atoms with Gasteiger partial charge in [0.05, 0.1) is 0 Å². The predicted molar refractivity (Wildman–Crippen MR) is 81.0 cm³/mol. The van der Waals surface area contributed by atoms with Gasteiger partial charge in [-0.3, -0.25) is 4.79 Å². The number of nitrogens with two attached hydrogens (primary N) is 1. The van der Waals surface area contributed by atoms with Gasteiger partial charge >= 0.3 is 0 Å². The maximum absolute atomic E-state index is 11.1. The number of halogens is 1. The Kier molecular flexibility index (Phi) is 4.56. The van der Waals surface area contributed by atoms with Gasteiger partial charge < -0.3 is 4.84 Å². The van der Waals surface area contributed by atoms with E-state index in [9.17, 15) is 4.79 Å². The molecule has 0 heterocycles. The van der Waals surface area contributed by atoms with E-state index in [0.717, 1.165) is 17.4 Å². The van der Waals surface area contributed by atoms with E-state index in [1.807, 2.05) is 25.1 Å². The molecule has 20 heavy (non-hydrogen) atoms. The lowest BCUT2D eigenvalue weighted by atomic mass is 9.99. The third kappa shape index (κ3) is 2.90. The van der Waals surface area contributed by atoms with Crippen LogP contribution in [0.1, 0.15) is 28.4 Å². The zero-order valence-corrected chi connectivity index (χ0v) is 11.7. The number of aldehydes is 1. The fourth-order valence-electron chi connectivity index (χ4n) is 1.99. The largest absolute Gasteiger partial charge is 0.411 e. The Morgan fingerprint density at radius 3 is 2.40 bits per heavy atom. The molecule has 0 bridgehead atoms. The molecule has 3 nitrogen and oxygen atoms in total. The van der Waals surface area contributed by atoms with Gasteiger partial charge in [0, 0.05) is 21.7 Å². The zero-order valence-electron chi connectivity index (χ0n) is 11.0. The van der Waals surface area contributed by atoms with E-state index in [2.05, 4.69) is 0 Å². The van der Waals surface area contributed by atoms with Crippen molar-refractivity contribution in [1.29, 1.82) is 0 Å². The smallest absolute Gasteiger partial charge is 0.158 e. The summed E-state index contributed by atoms with van der Waals surface area (Å²) in [7, 11) is 0. The Labute approximate surface area is 122 Å². The van der Waals surface area contributed by atoms with Crippen molar-refractivity contribution in [2.45, 2.75) is 6.92 Å². The van der Waals surface area contributed by atoms with Crippen LogP contribution in [0.25, 0.3) is 11.3 Å². The molecule has 2 aromatic rings. The molecule has 0 amide bonds. The molecule has 2 aromatic carbocycles. The summed E-state index contributed by atoms with van der Waals surface area (Å²) in [5.41, 5.74) is 2.95. The summed E-state index contributed by atoms with van der Waals surface area (Å²) in [5.74, 6) is 5.86. The average molecular weight is 288 g/mol. The maximum Gasteiger partial charge on any atom is 0.158 e. The van der Waals surface area contributed by atoms with Gasteiger partial charge in [-0.15, -0.1) is 0 Å². The topological polar surface area (TPSA) is 52.3 Å². The highest BCUT2D eigenvalue weighted by molar-refractivity contribution is 6.30. The van der Waals surface area contributed by atoms with Gasteiger partial charge in [-0.1, -0.05) is 48.0 Å². The van der Waals surface area contributed by atoms with Crippen molar-refractivity contribution in [3.8, 4) is 0 Å². The van der Waals surface area contributed by atoms with Crippen molar-refractivity contribution in [2.75, 3.05) is 0 Å². The number of carbonyl (C=O) groups excluding carboxylic acids is 1. The molecule has 0 saturated heterocycles. The minimum Gasteiger partial charge on any atom is -0.411 e. The molecular weight excluding hydrogens is 274 g/mol. The van der Waals surface area contributed by atoms with E-state index in [4.69, 9.17) is 22.3 Å². The van der Waals surface area contributed by atoms with Crippen LogP contribution in [0.4, 0.5) is 0 Å². The van der Waals surface area contributed by atoms with Gasteiger partial charge in [0.25, 0.3) is 0 Å². The van der Waals surface area contributed by atoms with Gasteiger partial charge in [-0.25, -0.2) is 0 Å². The van der Waals surface area contributed by atoms with Crippen molar-refractivity contribution in [1.82, 2.24) is 0 Å². The van der Waals surface area contributed by atoms with Crippen molar-refractivity contribution in [3.63, 3.8) is 0 Å². The first-order chi connectivity index (χ1) is 9.67. The SMILES string of the molecule is C/C(=C(\ON)c1ccccc1C=O)c1ccc(Cl)cc1. The molecule has 102 valence electrons. The summed E-state index contributed by atoms with van der Waals surface area (Å²) >= 11 is 5.88. The van der Waals surface area contributed by atoms with Crippen LogP contribution in [0, 0.1) is 0 Å². The Morgan fingerprint density at radius 1 is 1.15 bits per heavy atom. The maximum atomic E-state index is 11.1. The summed E-state index contributed by atoms with van der Waals surface area (Å²) in [4.78, 5) is 16.1. The number of benzene rings is 2. The van der Waals surface area contributed by atoms with Crippen LogP contribution in [0.5, 0.6) is 0 Å². The van der Waals surface area contributed by atoms with E-state index in [1.165, 1.54) is 0 Å². The van der Waals surface area contributed by atoms with Crippen LogP contribution in [0.3, 0.4) is 0 Å². The minimum absolute atomic E-state index is 0.468. The first kappa shape index (κ1) is 14.3. The third-order valence-electron chi connectivity index (χ3n) is 3.07. The molecule has 0 radical (unpaired) electrons. The highest BCUT2D eigenvalue weighted by Gasteiger charge is 2.12. The summed E-state index contributed by atoms with van der Waals surface area (Å²) < 4.78 is 0. The normalized spacial score (nSPS) is 11.8. The molecule has 0 aliphatic rings. The van der Waals surface area contributed by atoms with Gasteiger partial charge in [0.1, 0.15) is 0 Å². The van der Waals surface area contributed by atoms with E-state index in [-0.39, 0.29) is 0 Å². The first-order valence-corrected chi connectivity index (χ1v) is 6.43.